The van der Waals surface area contributed by atoms with Gasteiger partial charge in [-0.3, -0.25) is 4.79 Å². The first kappa shape index (κ1) is 19.7. The summed E-state index contributed by atoms with van der Waals surface area (Å²) in [4.78, 5) is 21.0. The van der Waals surface area contributed by atoms with Crippen LogP contribution in [0, 0.1) is 5.92 Å². The van der Waals surface area contributed by atoms with E-state index in [2.05, 4.69) is 43.9 Å². The molecule has 1 aromatic carbocycles. The molecule has 3 rings (SSSR count). The number of aromatic amines is 1. The number of imidazole rings is 1. The topological polar surface area (TPSA) is 61.0 Å². The summed E-state index contributed by atoms with van der Waals surface area (Å²) in [5, 5.41) is 3.03. The van der Waals surface area contributed by atoms with Gasteiger partial charge in [0.15, 0.2) is 0 Å². The zero-order chi connectivity index (χ0) is 19.1. The van der Waals surface area contributed by atoms with Gasteiger partial charge in [-0.05, 0) is 54.5 Å². The summed E-state index contributed by atoms with van der Waals surface area (Å²) < 4.78 is 2.44. The van der Waals surface area contributed by atoms with Crippen LogP contribution in [0.4, 0.5) is 0 Å². The van der Waals surface area contributed by atoms with E-state index in [0.29, 0.717) is 12.4 Å². The molecule has 0 unspecified atom stereocenters. The van der Waals surface area contributed by atoms with Crippen LogP contribution in [0.3, 0.4) is 0 Å². The SMILES string of the molecule is CC(C)/C(=C\c1ncc[nH]1)C(=O)NCc1ccc(SN2CCCCC2)cc1. The fraction of sp³-hybridized carbons (Fsp3) is 0.429. The normalized spacial score (nSPS) is 15.9. The van der Waals surface area contributed by atoms with Crippen molar-refractivity contribution in [2.45, 2.75) is 44.6 Å². The molecule has 144 valence electrons. The fourth-order valence-electron chi connectivity index (χ4n) is 3.06. The molecular weight excluding hydrogens is 356 g/mol. The van der Waals surface area contributed by atoms with E-state index in [4.69, 9.17) is 0 Å². The molecule has 5 nitrogen and oxygen atoms in total. The number of benzene rings is 1. The molecule has 0 aliphatic carbocycles. The Morgan fingerprint density at radius 1 is 1.26 bits per heavy atom. The van der Waals surface area contributed by atoms with Gasteiger partial charge in [0.05, 0.1) is 0 Å². The average molecular weight is 385 g/mol. The first-order valence-electron chi connectivity index (χ1n) is 9.63. The number of nitrogens with one attached hydrogen (secondary N) is 2. The van der Waals surface area contributed by atoms with Gasteiger partial charge in [-0.15, -0.1) is 0 Å². The van der Waals surface area contributed by atoms with Crippen molar-refractivity contribution in [2.75, 3.05) is 13.1 Å². The van der Waals surface area contributed by atoms with Crippen molar-refractivity contribution >= 4 is 23.9 Å². The van der Waals surface area contributed by atoms with Crippen LogP contribution >= 0.6 is 11.9 Å². The standard InChI is InChI=1S/C21H28N4OS/c1-16(2)19(14-20-22-10-11-23-20)21(26)24-15-17-6-8-18(9-7-17)27-25-12-4-3-5-13-25/h6-11,14,16H,3-5,12-13,15H2,1-2H3,(H,22,23)(H,24,26)/b19-14+. The van der Waals surface area contributed by atoms with Crippen LogP contribution in [0.15, 0.2) is 47.1 Å². The van der Waals surface area contributed by atoms with Gasteiger partial charge in [-0.1, -0.05) is 32.4 Å². The summed E-state index contributed by atoms with van der Waals surface area (Å²) in [6.45, 7) is 6.89. The molecule has 1 aromatic heterocycles. The summed E-state index contributed by atoms with van der Waals surface area (Å²) >= 11 is 1.83. The largest absolute Gasteiger partial charge is 0.348 e. The maximum atomic E-state index is 12.6. The second-order valence-electron chi connectivity index (χ2n) is 7.14. The van der Waals surface area contributed by atoms with Crippen molar-refractivity contribution in [2.24, 2.45) is 5.92 Å². The lowest BCUT2D eigenvalue weighted by molar-refractivity contribution is -0.118. The Hall–Kier alpha value is -2.05. The maximum absolute atomic E-state index is 12.6. The van der Waals surface area contributed by atoms with Gasteiger partial charge in [0, 0.05) is 42.5 Å². The highest BCUT2D eigenvalue weighted by Gasteiger charge is 2.14. The van der Waals surface area contributed by atoms with Crippen LogP contribution in [0.2, 0.25) is 0 Å². The summed E-state index contributed by atoms with van der Waals surface area (Å²) in [6, 6.07) is 8.47. The van der Waals surface area contributed by atoms with Crippen LogP contribution in [-0.4, -0.2) is 33.3 Å². The highest BCUT2D eigenvalue weighted by Crippen LogP contribution is 2.26. The lowest BCUT2D eigenvalue weighted by atomic mass is 10.0. The van der Waals surface area contributed by atoms with Crippen molar-refractivity contribution in [3.05, 3.63) is 53.6 Å². The number of carbonyl (C=O) groups is 1. The predicted molar refractivity (Wildman–Crippen MR) is 111 cm³/mol. The molecule has 2 N–H and O–H groups in total. The Kier molecular flexibility index (Phi) is 7.12. The monoisotopic (exact) mass is 384 g/mol. The molecule has 0 spiro atoms. The Morgan fingerprint density at radius 2 is 2.00 bits per heavy atom. The minimum absolute atomic E-state index is 0.0480. The van der Waals surface area contributed by atoms with E-state index in [-0.39, 0.29) is 11.8 Å². The minimum Gasteiger partial charge on any atom is -0.348 e. The second-order valence-corrected chi connectivity index (χ2v) is 8.31. The molecular formula is C21H28N4OS. The third-order valence-corrected chi connectivity index (χ3v) is 5.73. The van der Waals surface area contributed by atoms with E-state index >= 15 is 0 Å². The molecule has 1 amide bonds. The molecule has 0 bridgehead atoms. The van der Waals surface area contributed by atoms with E-state index in [1.54, 1.807) is 12.4 Å². The highest BCUT2D eigenvalue weighted by molar-refractivity contribution is 7.97. The number of amides is 1. The van der Waals surface area contributed by atoms with Crippen molar-refractivity contribution in [3.63, 3.8) is 0 Å². The predicted octanol–water partition coefficient (Wildman–Crippen LogP) is 4.26. The molecule has 2 aromatic rings. The van der Waals surface area contributed by atoms with Gasteiger partial charge in [0.2, 0.25) is 5.91 Å². The molecule has 1 saturated heterocycles. The quantitative estimate of drug-likeness (QED) is 0.553. The first-order valence-corrected chi connectivity index (χ1v) is 10.4. The summed E-state index contributed by atoms with van der Waals surface area (Å²) in [6.07, 6.45) is 9.19. The highest BCUT2D eigenvalue weighted by atomic mass is 32.2. The summed E-state index contributed by atoms with van der Waals surface area (Å²) in [5.41, 5.74) is 1.83. The van der Waals surface area contributed by atoms with E-state index in [0.717, 1.165) is 11.1 Å². The van der Waals surface area contributed by atoms with E-state index in [9.17, 15) is 4.79 Å². The average Bonchev–Trinajstić information content (AvgIpc) is 3.19. The number of nitrogens with zero attached hydrogens (tertiary/aromatic N) is 2. The zero-order valence-electron chi connectivity index (χ0n) is 16.1. The molecule has 6 heteroatoms. The third-order valence-electron chi connectivity index (χ3n) is 4.62. The number of carbonyl (C=O) groups excluding carboxylic acids is 1. The number of hydrogen-bond donors (Lipinski definition) is 2. The Bertz CT molecular complexity index is 747. The van der Waals surface area contributed by atoms with Gasteiger partial charge in [0.1, 0.15) is 5.82 Å². The number of H-pyrrole nitrogens is 1. The number of aromatic nitrogens is 2. The number of piperidine rings is 1. The van der Waals surface area contributed by atoms with Crippen LogP contribution in [0.5, 0.6) is 0 Å². The zero-order valence-corrected chi connectivity index (χ0v) is 16.9. The fourth-order valence-corrected chi connectivity index (χ4v) is 4.05. The Morgan fingerprint density at radius 3 is 2.63 bits per heavy atom. The van der Waals surface area contributed by atoms with Gasteiger partial charge in [-0.2, -0.15) is 0 Å². The van der Waals surface area contributed by atoms with Gasteiger partial charge >= 0.3 is 0 Å². The van der Waals surface area contributed by atoms with Crippen molar-refractivity contribution in [3.8, 4) is 0 Å². The van der Waals surface area contributed by atoms with E-state index in [1.807, 2.05) is 31.9 Å². The molecule has 0 radical (unpaired) electrons. The van der Waals surface area contributed by atoms with Crippen LogP contribution in [0.1, 0.15) is 44.5 Å². The molecule has 0 atom stereocenters. The van der Waals surface area contributed by atoms with E-state index in [1.165, 1.54) is 37.2 Å². The van der Waals surface area contributed by atoms with Crippen LogP contribution < -0.4 is 5.32 Å². The van der Waals surface area contributed by atoms with Gasteiger partial charge < -0.3 is 10.3 Å². The van der Waals surface area contributed by atoms with Crippen LogP contribution in [0.25, 0.3) is 6.08 Å². The molecule has 1 aliphatic rings. The lowest BCUT2D eigenvalue weighted by Gasteiger charge is -2.25. The van der Waals surface area contributed by atoms with Gasteiger partial charge in [0.25, 0.3) is 0 Å². The first-order chi connectivity index (χ1) is 13.1. The molecule has 27 heavy (non-hydrogen) atoms. The third kappa shape index (κ3) is 5.97. The minimum atomic E-state index is -0.0480. The molecule has 0 saturated carbocycles. The van der Waals surface area contributed by atoms with Gasteiger partial charge in [-0.25, -0.2) is 9.29 Å². The molecule has 1 aliphatic heterocycles. The second kappa shape index (κ2) is 9.76. The van der Waals surface area contributed by atoms with Crippen molar-refractivity contribution in [1.82, 2.24) is 19.6 Å². The molecule has 2 heterocycles. The van der Waals surface area contributed by atoms with E-state index < -0.39 is 0 Å². The Balaban J connectivity index is 1.54. The molecule has 1 fully saturated rings. The maximum Gasteiger partial charge on any atom is 0.247 e. The smallest absolute Gasteiger partial charge is 0.247 e. The van der Waals surface area contributed by atoms with Crippen molar-refractivity contribution < 1.29 is 4.79 Å². The van der Waals surface area contributed by atoms with Crippen LogP contribution in [-0.2, 0) is 11.3 Å². The number of hydrogen-bond acceptors (Lipinski definition) is 4. The lowest BCUT2D eigenvalue weighted by Crippen LogP contribution is -2.26. The Labute approximate surface area is 165 Å². The summed E-state index contributed by atoms with van der Waals surface area (Å²) in [5.74, 6) is 0.777. The van der Waals surface area contributed by atoms with Crippen molar-refractivity contribution in [1.29, 1.82) is 0 Å². The summed E-state index contributed by atoms with van der Waals surface area (Å²) in [7, 11) is 0. The number of rotatable bonds is 7.